The molecule has 0 bridgehead atoms. The van der Waals surface area contributed by atoms with E-state index in [1.807, 2.05) is 13.8 Å². The van der Waals surface area contributed by atoms with Crippen molar-refractivity contribution in [2.75, 3.05) is 12.4 Å². The Labute approximate surface area is 113 Å². The monoisotopic (exact) mass is 271 g/mol. The van der Waals surface area contributed by atoms with Crippen LogP contribution in [0.15, 0.2) is 18.2 Å². The molecular formula is C14H19ClFNO. The summed E-state index contributed by atoms with van der Waals surface area (Å²) in [4.78, 5) is 14.2. The van der Waals surface area contributed by atoms with Gasteiger partial charge in [0.05, 0.1) is 0 Å². The molecule has 0 heterocycles. The highest BCUT2D eigenvalue weighted by Gasteiger charge is 2.19. The van der Waals surface area contributed by atoms with Gasteiger partial charge in [0.15, 0.2) is 0 Å². The summed E-state index contributed by atoms with van der Waals surface area (Å²) in [6, 6.07) is 4.35. The van der Waals surface area contributed by atoms with Crippen molar-refractivity contribution in [3.05, 3.63) is 35.1 Å². The molecule has 0 unspecified atom stereocenters. The minimum absolute atomic E-state index is 0.0624. The summed E-state index contributed by atoms with van der Waals surface area (Å²) in [6.45, 7) is 6.29. The molecule has 0 aliphatic rings. The van der Waals surface area contributed by atoms with Crippen LogP contribution in [-0.4, -0.2) is 29.3 Å². The lowest BCUT2D eigenvalue weighted by Crippen LogP contribution is -2.38. The standard InChI is InChI=1S/C14H19ClFNO/c1-10(2)17(8-4-7-15)14(18)13-6-5-12(16)9-11(13)3/h5-6,9-10H,4,7-8H2,1-3H3. The topological polar surface area (TPSA) is 20.3 Å². The fourth-order valence-corrected chi connectivity index (χ4v) is 1.97. The van der Waals surface area contributed by atoms with Crippen molar-refractivity contribution in [2.24, 2.45) is 0 Å². The number of amides is 1. The van der Waals surface area contributed by atoms with Crippen molar-refractivity contribution in [2.45, 2.75) is 33.2 Å². The van der Waals surface area contributed by atoms with E-state index in [-0.39, 0.29) is 17.8 Å². The molecule has 0 aromatic heterocycles. The van der Waals surface area contributed by atoms with Gasteiger partial charge in [-0.25, -0.2) is 4.39 Å². The van der Waals surface area contributed by atoms with Gasteiger partial charge in [-0.2, -0.15) is 0 Å². The van der Waals surface area contributed by atoms with Crippen molar-refractivity contribution in [3.63, 3.8) is 0 Å². The molecule has 1 rings (SSSR count). The first-order chi connectivity index (χ1) is 8.47. The van der Waals surface area contributed by atoms with Crippen LogP contribution in [0.4, 0.5) is 4.39 Å². The second kappa shape index (κ2) is 6.74. The predicted octanol–water partition coefficient (Wildman–Crippen LogP) is 3.61. The molecule has 1 aromatic carbocycles. The van der Waals surface area contributed by atoms with Crippen LogP contribution in [0, 0.1) is 12.7 Å². The maximum atomic E-state index is 13.0. The van der Waals surface area contributed by atoms with Crippen LogP contribution < -0.4 is 0 Å². The molecular weight excluding hydrogens is 253 g/mol. The van der Waals surface area contributed by atoms with Crippen LogP contribution in [0.3, 0.4) is 0 Å². The number of rotatable bonds is 5. The fraction of sp³-hybridized carbons (Fsp3) is 0.500. The van der Waals surface area contributed by atoms with Gasteiger partial charge in [-0.3, -0.25) is 4.79 Å². The van der Waals surface area contributed by atoms with Crippen LogP contribution in [0.25, 0.3) is 0 Å². The first-order valence-electron chi connectivity index (χ1n) is 6.10. The number of hydrogen-bond acceptors (Lipinski definition) is 1. The van der Waals surface area contributed by atoms with Gasteiger partial charge in [0.25, 0.3) is 5.91 Å². The molecule has 0 spiro atoms. The summed E-state index contributed by atoms with van der Waals surface area (Å²) >= 11 is 5.67. The first-order valence-corrected chi connectivity index (χ1v) is 6.64. The van der Waals surface area contributed by atoms with Crippen LogP contribution in [0.2, 0.25) is 0 Å². The molecule has 1 aromatic rings. The van der Waals surface area contributed by atoms with E-state index in [1.54, 1.807) is 17.9 Å². The highest BCUT2D eigenvalue weighted by atomic mass is 35.5. The Kier molecular flexibility index (Phi) is 5.60. The number of nitrogens with zero attached hydrogens (tertiary/aromatic N) is 1. The molecule has 2 nitrogen and oxygen atoms in total. The summed E-state index contributed by atoms with van der Waals surface area (Å²) in [7, 11) is 0. The van der Waals surface area contributed by atoms with Crippen molar-refractivity contribution in [1.82, 2.24) is 4.90 Å². The Balaban J connectivity index is 2.94. The second-order valence-electron chi connectivity index (χ2n) is 4.59. The number of carbonyl (C=O) groups is 1. The second-order valence-corrected chi connectivity index (χ2v) is 4.97. The largest absolute Gasteiger partial charge is 0.336 e. The smallest absolute Gasteiger partial charge is 0.254 e. The molecule has 0 saturated carbocycles. The Bertz CT molecular complexity index is 420. The van der Waals surface area contributed by atoms with Crippen LogP contribution in [0.1, 0.15) is 36.2 Å². The Morgan fingerprint density at radius 1 is 1.44 bits per heavy atom. The summed E-state index contributed by atoms with van der Waals surface area (Å²) < 4.78 is 13.0. The van der Waals surface area contributed by atoms with E-state index in [2.05, 4.69) is 0 Å². The van der Waals surface area contributed by atoms with Gasteiger partial charge in [-0.05, 0) is 51.0 Å². The minimum Gasteiger partial charge on any atom is -0.336 e. The summed E-state index contributed by atoms with van der Waals surface area (Å²) in [5.74, 6) is 0.146. The zero-order valence-electron chi connectivity index (χ0n) is 11.0. The van der Waals surface area contributed by atoms with E-state index in [0.717, 1.165) is 6.42 Å². The van der Waals surface area contributed by atoms with Crippen LogP contribution in [-0.2, 0) is 0 Å². The molecule has 0 fully saturated rings. The molecule has 0 N–H and O–H groups in total. The van der Waals surface area contributed by atoms with E-state index < -0.39 is 0 Å². The first kappa shape index (κ1) is 15.0. The van der Waals surface area contributed by atoms with Crippen molar-refractivity contribution >= 4 is 17.5 Å². The lowest BCUT2D eigenvalue weighted by Gasteiger charge is -2.27. The molecule has 0 saturated heterocycles. The Morgan fingerprint density at radius 3 is 2.61 bits per heavy atom. The Morgan fingerprint density at radius 2 is 2.11 bits per heavy atom. The molecule has 0 radical (unpaired) electrons. The SMILES string of the molecule is Cc1cc(F)ccc1C(=O)N(CCCCl)C(C)C. The third-order valence-corrected chi connectivity index (χ3v) is 3.10. The van der Waals surface area contributed by atoms with Gasteiger partial charge >= 0.3 is 0 Å². The zero-order valence-corrected chi connectivity index (χ0v) is 11.8. The fourth-order valence-electron chi connectivity index (χ4n) is 1.85. The average Bonchev–Trinajstić information content (AvgIpc) is 2.28. The summed E-state index contributed by atoms with van der Waals surface area (Å²) in [5, 5.41) is 0. The van der Waals surface area contributed by atoms with Crippen molar-refractivity contribution in [3.8, 4) is 0 Å². The highest BCUT2D eigenvalue weighted by molar-refractivity contribution is 6.17. The number of hydrogen-bond donors (Lipinski definition) is 0. The quantitative estimate of drug-likeness (QED) is 0.749. The third-order valence-electron chi connectivity index (χ3n) is 2.84. The van der Waals surface area contributed by atoms with Crippen molar-refractivity contribution in [1.29, 1.82) is 0 Å². The van der Waals surface area contributed by atoms with Gasteiger partial charge in [-0.1, -0.05) is 0 Å². The molecule has 0 aliphatic carbocycles. The van der Waals surface area contributed by atoms with E-state index in [0.29, 0.717) is 23.6 Å². The predicted molar refractivity (Wildman–Crippen MR) is 72.6 cm³/mol. The summed E-state index contributed by atoms with van der Waals surface area (Å²) in [5.41, 5.74) is 1.22. The average molecular weight is 272 g/mol. The molecule has 18 heavy (non-hydrogen) atoms. The maximum absolute atomic E-state index is 13.0. The molecule has 100 valence electrons. The number of aryl methyl sites for hydroxylation is 1. The van der Waals surface area contributed by atoms with Crippen LogP contribution >= 0.6 is 11.6 Å². The molecule has 0 aliphatic heterocycles. The zero-order chi connectivity index (χ0) is 13.7. The summed E-state index contributed by atoms with van der Waals surface area (Å²) in [6.07, 6.45) is 0.756. The number of benzene rings is 1. The lowest BCUT2D eigenvalue weighted by atomic mass is 10.1. The van der Waals surface area contributed by atoms with E-state index in [9.17, 15) is 9.18 Å². The third kappa shape index (κ3) is 3.70. The molecule has 1 amide bonds. The van der Waals surface area contributed by atoms with Crippen LogP contribution in [0.5, 0.6) is 0 Å². The number of alkyl halides is 1. The molecule has 0 atom stereocenters. The van der Waals surface area contributed by atoms with Gasteiger partial charge in [0, 0.05) is 24.0 Å². The molecule has 4 heteroatoms. The lowest BCUT2D eigenvalue weighted by molar-refractivity contribution is 0.0705. The van der Waals surface area contributed by atoms with Gasteiger partial charge < -0.3 is 4.90 Å². The van der Waals surface area contributed by atoms with Gasteiger partial charge in [0.2, 0.25) is 0 Å². The van der Waals surface area contributed by atoms with Gasteiger partial charge in [0.1, 0.15) is 5.82 Å². The highest BCUT2D eigenvalue weighted by Crippen LogP contribution is 2.15. The van der Waals surface area contributed by atoms with E-state index >= 15 is 0 Å². The minimum atomic E-state index is -0.319. The van der Waals surface area contributed by atoms with Gasteiger partial charge in [-0.15, -0.1) is 11.6 Å². The number of halogens is 2. The maximum Gasteiger partial charge on any atom is 0.254 e. The Hall–Kier alpha value is -1.09. The normalized spacial score (nSPS) is 10.8. The van der Waals surface area contributed by atoms with E-state index in [1.165, 1.54) is 12.1 Å². The van der Waals surface area contributed by atoms with Crippen molar-refractivity contribution < 1.29 is 9.18 Å². The van der Waals surface area contributed by atoms with E-state index in [4.69, 9.17) is 11.6 Å². The number of carbonyl (C=O) groups excluding carboxylic acids is 1.